The molecule has 0 heterocycles. The SMILES string of the molecule is COc1cc2c(c(OC)c1OC)-c1ccc(NCCCCCC(=O)NC(C)C)c(=O)cc1[C@@H](NC(C)=O)CC2. The summed E-state index contributed by atoms with van der Waals surface area (Å²) >= 11 is 0. The van der Waals surface area contributed by atoms with Gasteiger partial charge in [0.2, 0.25) is 23.0 Å². The van der Waals surface area contributed by atoms with E-state index < -0.39 is 0 Å². The normalized spacial score (nSPS) is 14.0. The van der Waals surface area contributed by atoms with Gasteiger partial charge < -0.3 is 30.2 Å². The minimum Gasteiger partial charge on any atom is -0.493 e. The van der Waals surface area contributed by atoms with Crippen LogP contribution in [0.2, 0.25) is 0 Å². The summed E-state index contributed by atoms with van der Waals surface area (Å²) in [5.74, 6) is 1.44. The van der Waals surface area contributed by atoms with E-state index in [2.05, 4.69) is 16.0 Å². The lowest BCUT2D eigenvalue weighted by atomic mass is 9.95. The number of hydrogen-bond donors (Lipinski definition) is 3. The fourth-order valence-electron chi connectivity index (χ4n) is 5.06. The standard InChI is InChI=1S/C30H41N3O6/c1-18(2)32-27(36)10-8-7-9-15-31-24-14-12-21-22(17-25(24)35)23(33-19(3)34)13-11-20-16-26(37-4)29(38-5)30(39-6)28(20)21/h12,14,16-18,23H,7-11,13,15H2,1-6H3,(H,31,35)(H,32,36)(H,33,34)/t23-/m0/s1. The fourth-order valence-corrected chi connectivity index (χ4v) is 5.06. The number of carbonyl (C=O) groups excluding carboxylic acids is 2. The first kappa shape index (κ1) is 29.8. The first-order chi connectivity index (χ1) is 18.7. The van der Waals surface area contributed by atoms with Crippen LogP contribution in [0.3, 0.4) is 0 Å². The van der Waals surface area contributed by atoms with E-state index in [1.165, 1.54) is 6.92 Å². The van der Waals surface area contributed by atoms with Crippen LogP contribution in [0, 0.1) is 0 Å². The van der Waals surface area contributed by atoms with Crippen LogP contribution in [0.15, 0.2) is 29.1 Å². The molecule has 0 spiro atoms. The van der Waals surface area contributed by atoms with Gasteiger partial charge in [-0.25, -0.2) is 0 Å². The summed E-state index contributed by atoms with van der Waals surface area (Å²) in [5, 5.41) is 9.19. The number of ether oxygens (including phenoxy) is 3. The molecule has 0 saturated heterocycles. The van der Waals surface area contributed by atoms with Crippen LogP contribution in [0.5, 0.6) is 17.2 Å². The monoisotopic (exact) mass is 539 g/mol. The molecule has 0 bridgehead atoms. The molecule has 212 valence electrons. The molecule has 3 rings (SSSR count). The predicted molar refractivity (Wildman–Crippen MR) is 153 cm³/mol. The average Bonchev–Trinajstić information content (AvgIpc) is 3.13. The van der Waals surface area contributed by atoms with Gasteiger partial charge in [-0.1, -0.05) is 12.5 Å². The molecular formula is C30H41N3O6. The van der Waals surface area contributed by atoms with Gasteiger partial charge in [0.05, 0.1) is 33.1 Å². The van der Waals surface area contributed by atoms with Crippen molar-refractivity contribution < 1.29 is 23.8 Å². The lowest BCUT2D eigenvalue weighted by Crippen LogP contribution is -2.29. The summed E-state index contributed by atoms with van der Waals surface area (Å²) in [6.45, 7) is 5.98. The predicted octanol–water partition coefficient (Wildman–Crippen LogP) is 4.36. The number of carbonyl (C=O) groups is 2. The van der Waals surface area contributed by atoms with Crippen LogP contribution in [-0.4, -0.2) is 45.7 Å². The maximum atomic E-state index is 13.3. The average molecular weight is 540 g/mol. The number of methoxy groups -OCH3 is 3. The number of rotatable bonds is 12. The van der Waals surface area contributed by atoms with Crippen LogP contribution < -0.4 is 35.6 Å². The first-order valence-corrected chi connectivity index (χ1v) is 13.5. The summed E-state index contributed by atoms with van der Waals surface area (Å²) in [6.07, 6.45) is 4.24. The second kappa shape index (κ2) is 13.9. The van der Waals surface area contributed by atoms with Crippen molar-refractivity contribution in [2.45, 2.75) is 71.4 Å². The molecule has 9 heteroatoms. The molecule has 3 N–H and O–H groups in total. The number of aryl methyl sites for hydroxylation is 1. The fraction of sp³-hybridized carbons (Fsp3) is 0.500. The van der Waals surface area contributed by atoms with Crippen molar-refractivity contribution in [3.8, 4) is 28.4 Å². The second-order valence-electron chi connectivity index (χ2n) is 10.1. The second-order valence-corrected chi connectivity index (χ2v) is 10.1. The van der Waals surface area contributed by atoms with Gasteiger partial charge in [0, 0.05) is 31.5 Å². The highest BCUT2D eigenvalue weighted by molar-refractivity contribution is 5.83. The molecule has 1 aliphatic carbocycles. The lowest BCUT2D eigenvalue weighted by Gasteiger charge is -2.19. The van der Waals surface area contributed by atoms with Gasteiger partial charge in [0.1, 0.15) is 0 Å². The van der Waals surface area contributed by atoms with E-state index in [4.69, 9.17) is 14.2 Å². The zero-order valence-corrected chi connectivity index (χ0v) is 23.9. The lowest BCUT2D eigenvalue weighted by molar-refractivity contribution is -0.122. The molecule has 1 atom stereocenters. The van der Waals surface area contributed by atoms with Gasteiger partial charge in [0.15, 0.2) is 11.5 Å². The highest BCUT2D eigenvalue weighted by Gasteiger charge is 2.29. The molecule has 2 aromatic carbocycles. The molecule has 9 nitrogen and oxygen atoms in total. The Bertz CT molecular complexity index is 1240. The van der Waals surface area contributed by atoms with Crippen LogP contribution >= 0.6 is 0 Å². The van der Waals surface area contributed by atoms with E-state index >= 15 is 0 Å². The van der Waals surface area contributed by atoms with E-state index in [0.29, 0.717) is 48.7 Å². The molecular weight excluding hydrogens is 498 g/mol. The Hall–Kier alpha value is -3.75. The molecule has 0 fully saturated rings. The zero-order chi connectivity index (χ0) is 28.5. The van der Waals surface area contributed by atoms with Gasteiger partial charge in [-0.3, -0.25) is 14.4 Å². The number of hydrogen-bond acceptors (Lipinski definition) is 7. The Balaban J connectivity index is 1.93. The summed E-state index contributed by atoms with van der Waals surface area (Å²) < 4.78 is 17.0. The van der Waals surface area contributed by atoms with Gasteiger partial charge in [-0.15, -0.1) is 0 Å². The van der Waals surface area contributed by atoms with Crippen molar-refractivity contribution in [1.29, 1.82) is 0 Å². The van der Waals surface area contributed by atoms with Gasteiger partial charge in [-0.2, -0.15) is 0 Å². The quantitative estimate of drug-likeness (QED) is 0.343. The van der Waals surface area contributed by atoms with Crippen molar-refractivity contribution in [3.63, 3.8) is 0 Å². The summed E-state index contributed by atoms with van der Waals surface area (Å²) in [4.78, 5) is 37.2. The van der Waals surface area contributed by atoms with Gasteiger partial charge in [0.25, 0.3) is 0 Å². The molecule has 1 aliphatic rings. The summed E-state index contributed by atoms with van der Waals surface area (Å²) in [7, 11) is 4.72. The highest BCUT2D eigenvalue weighted by atomic mass is 16.5. The molecule has 0 radical (unpaired) electrons. The third-order valence-corrected chi connectivity index (χ3v) is 6.76. The highest BCUT2D eigenvalue weighted by Crippen LogP contribution is 2.50. The molecule has 0 unspecified atom stereocenters. The van der Waals surface area contributed by atoms with Crippen LogP contribution in [0.1, 0.15) is 70.0 Å². The smallest absolute Gasteiger partial charge is 0.220 e. The summed E-state index contributed by atoms with van der Waals surface area (Å²) in [5.41, 5.74) is 3.63. The maximum Gasteiger partial charge on any atom is 0.220 e. The van der Waals surface area contributed by atoms with E-state index in [1.54, 1.807) is 33.5 Å². The van der Waals surface area contributed by atoms with E-state index in [0.717, 1.165) is 41.5 Å². The topological polar surface area (TPSA) is 115 Å². The Labute approximate surface area is 230 Å². The van der Waals surface area contributed by atoms with Crippen LogP contribution in [0.4, 0.5) is 5.69 Å². The number of amides is 2. The Kier molecular flexibility index (Phi) is 10.6. The number of anilines is 1. The molecule has 2 aromatic rings. The largest absolute Gasteiger partial charge is 0.493 e. The van der Waals surface area contributed by atoms with Crippen molar-refractivity contribution in [3.05, 3.63) is 45.6 Å². The minimum absolute atomic E-state index is 0.0649. The van der Waals surface area contributed by atoms with Crippen LogP contribution in [0.25, 0.3) is 11.1 Å². The van der Waals surface area contributed by atoms with Gasteiger partial charge in [-0.05, 0) is 74.4 Å². The Morgan fingerprint density at radius 2 is 1.74 bits per heavy atom. The van der Waals surface area contributed by atoms with Crippen molar-refractivity contribution in [1.82, 2.24) is 10.6 Å². The Morgan fingerprint density at radius 3 is 2.38 bits per heavy atom. The van der Waals surface area contributed by atoms with Gasteiger partial charge >= 0.3 is 0 Å². The molecule has 39 heavy (non-hydrogen) atoms. The molecule has 0 aromatic heterocycles. The maximum absolute atomic E-state index is 13.3. The summed E-state index contributed by atoms with van der Waals surface area (Å²) in [6, 6.07) is 7.03. The van der Waals surface area contributed by atoms with E-state index in [1.807, 2.05) is 26.0 Å². The molecule has 0 saturated carbocycles. The minimum atomic E-state index is -0.350. The number of fused-ring (bicyclic) bond motifs is 3. The number of unbranched alkanes of at least 4 members (excludes halogenated alkanes) is 2. The molecule has 2 amide bonds. The Morgan fingerprint density at radius 1 is 1.00 bits per heavy atom. The van der Waals surface area contributed by atoms with Crippen molar-refractivity contribution >= 4 is 17.5 Å². The van der Waals surface area contributed by atoms with Crippen molar-refractivity contribution in [2.75, 3.05) is 33.2 Å². The zero-order valence-electron chi connectivity index (χ0n) is 23.9. The third-order valence-electron chi connectivity index (χ3n) is 6.76. The van der Waals surface area contributed by atoms with Crippen LogP contribution in [-0.2, 0) is 16.0 Å². The third kappa shape index (κ3) is 7.43. The number of benzene rings is 1. The van der Waals surface area contributed by atoms with E-state index in [-0.39, 0.29) is 29.3 Å². The van der Waals surface area contributed by atoms with Crippen molar-refractivity contribution in [2.24, 2.45) is 0 Å². The number of nitrogens with one attached hydrogen (secondary N) is 3. The molecule has 0 aliphatic heterocycles. The van der Waals surface area contributed by atoms with E-state index in [9.17, 15) is 14.4 Å². The first-order valence-electron chi connectivity index (χ1n) is 13.5.